The van der Waals surface area contributed by atoms with Crippen LogP contribution in [0.15, 0.2) is 65.7 Å². The molecule has 28 heavy (non-hydrogen) atoms. The van der Waals surface area contributed by atoms with E-state index in [4.69, 9.17) is 9.47 Å². The average molecular weight is 397 g/mol. The Morgan fingerprint density at radius 3 is 2.71 bits per heavy atom. The quantitative estimate of drug-likeness (QED) is 0.431. The number of carbonyl (C=O) groups excluding carboxylic acids is 1. The molecule has 0 aliphatic rings. The number of hydrogen-bond acceptors (Lipinski definition) is 5. The van der Waals surface area contributed by atoms with Crippen LogP contribution in [0.1, 0.15) is 13.3 Å². The number of carbonyl (C=O) groups is 1. The third kappa shape index (κ3) is 5.39. The summed E-state index contributed by atoms with van der Waals surface area (Å²) in [5.41, 5.74) is 0.860. The van der Waals surface area contributed by atoms with Crippen LogP contribution in [0.4, 0.5) is 0 Å². The van der Waals surface area contributed by atoms with Crippen LogP contribution < -0.4 is 14.8 Å². The summed E-state index contributed by atoms with van der Waals surface area (Å²) < 4.78 is 11.0. The fourth-order valence-corrected chi connectivity index (χ4v) is 3.61. The van der Waals surface area contributed by atoms with Crippen LogP contribution in [0.3, 0.4) is 0 Å². The first-order chi connectivity index (χ1) is 13.7. The van der Waals surface area contributed by atoms with E-state index in [1.165, 1.54) is 11.8 Å². The van der Waals surface area contributed by atoms with Gasteiger partial charge in [0.1, 0.15) is 17.0 Å². The van der Waals surface area contributed by atoms with Crippen molar-refractivity contribution in [3.05, 3.63) is 60.8 Å². The van der Waals surface area contributed by atoms with Crippen LogP contribution in [-0.2, 0) is 4.79 Å². The number of nitrogens with one attached hydrogen (secondary N) is 1. The lowest BCUT2D eigenvalue weighted by molar-refractivity contribution is -0.120. The molecule has 5 nitrogen and oxygen atoms in total. The van der Waals surface area contributed by atoms with Crippen molar-refractivity contribution in [1.29, 1.82) is 0 Å². The van der Waals surface area contributed by atoms with Crippen LogP contribution in [0.5, 0.6) is 11.5 Å². The molecule has 146 valence electrons. The zero-order valence-corrected chi connectivity index (χ0v) is 16.9. The maximum Gasteiger partial charge on any atom is 0.233 e. The third-order valence-corrected chi connectivity index (χ3v) is 5.33. The number of hydrogen-bond donors (Lipinski definition) is 1. The number of ether oxygens (including phenoxy) is 2. The molecule has 0 fully saturated rings. The SMILES string of the molecule is COc1ccc(SC(C)C(=O)NCCCOc2cccc3cccnc23)cc1. The van der Waals surface area contributed by atoms with Crippen molar-refractivity contribution in [3.63, 3.8) is 0 Å². The molecule has 0 aliphatic carbocycles. The molecule has 1 aromatic heterocycles. The Labute approximate surface area is 169 Å². The molecule has 0 saturated heterocycles. The molecule has 0 saturated carbocycles. The van der Waals surface area contributed by atoms with Crippen molar-refractivity contribution >= 4 is 28.6 Å². The van der Waals surface area contributed by atoms with Crippen LogP contribution in [0.2, 0.25) is 0 Å². The molecule has 1 N–H and O–H groups in total. The number of benzene rings is 2. The van der Waals surface area contributed by atoms with Gasteiger partial charge in [-0.15, -0.1) is 11.8 Å². The van der Waals surface area contributed by atoms with Crippen LogP contribution >= 0.6 is 11.8 Å². The highest BCUT2D eigenvalue weighted by molar-refractivity contribution is 8.00. The van der Waals surface area contributed by atoms with E-state index in [-0.39, 0.29) is 11.2 Å². The van der Waals surface area contributed by atoms with E-state index in [0.29, 0.717) is 13.2 Å². The Morgan fingerprint density at radius 1 is 1.14 bits per heavy atom. The summed E-state index contributed by atoms with van der Waals surface area (Å²) in [4.78, 5) is 17.7. The van der Waals surface area contributed by atoms with Crippen LogP contribution in [0.25, 0.3) is 10.9 Å². The van der Waals surface area contributed by atoms with Gasteiger partial charge in [-0.1, -0.05) is 18.2 Å². The minimum Gasteiger partial charge on any atom is -0.497 e. The first-order valence-corrected chi connectivity index (χ1v) is 10.1. The van der Waals surface area contributed by atoms with Gasteiger partial charge >= 0.3 is 0 Å². The highest BCUT2D eigenvalue weighted by atomic mass is 32.2. The molecule has 0 aliphatic heterocycles. The average Bonchev–Trinajstić information content (AvgIpc) is 2.74. The fourth-order valence-electron chi connectivity index (χ4n) is 2.71. The van der Waals surface area contributed by atoms with Gasteiger partial charge in [0.25, 0.3) is 0 Å². The molecule has 1 heterocycles. The van der Waals surface area contributed by atoms with E-state index in [1.54, 1.807) is 13.3 Å². The van der Waals surface area contributed by atoms with E-state index in [2.05, 4.69) is 10.3 Å². The highest BCUT2D eigenvalue weighted by Crippen LogP contribution is 2.25. The van der Waals surface area contributed by atoms with Gasteiger partial charge in [-0.05, 0) is 49.7 Å². The molecule has 6 heteroatoms. The monoisotopic (exact) mass is 396 g/mol. The second kappa shape index (κ2) is 9.99. The van der Waals surface area contributed by atoms with Crippen LogP contribution in [0, 0.1) is 0 Å². The van der Waals surface area contributed by atoms with Gasteiger partial charge < -0.3 is 14.8 Å². The van der Waals surface area contributed by atoms with Gasteiger partial charge in [-0.25, -0.2) is 0 Å². The first-order valence-electron chi connectivity index (χ1n) is 9.22. The number of methoxy groups -OCH3 is 1. The van der Waals surface area contributed by atoms with Crippen molar-refractivity contribution < 1.29 is 14.3 Å². The summed E-state index contributed by atoms with van der Waals surface area (Å²) in [6.07, 6.45) is 2.49. The summed E-state index contributed by atoms with van der Waals surface area (Å²) >= 11 is 1.53. The maximum absolute atomic E-state index is 12.3. The number of pyridine rings is 1. The molecule has 2 aromatic carbocycles. The second-order valence-corrected chi connectivity index (χ2v) is 7.67. The number of aromatic nitrogens is 1. The van der Waals surface area contributed by atoms with Gasteiger partial charge in [0, 0.05) is 23.0 Å². The standard InChI is InChI=1S/C22H24N2O3S/c1-16(28-19-11-9-18(26-2)10-12-19)22(25)24-14-5-15-27-20-8-3-6-17-7-4-13-23-21(17)20/h3-4,6-13,16H,5,14-15H2,1-2H3,(H,24,25). The Morgan fingerprint density at radius 2 is 1.93 bits per heavy atom. The summed E-state index contributed by atoms with van der Waals surface area (Å²) in [6.45, 7) is 3.00. The number of amides is 1. The summed E-state index contributed by atoms with van der Waals surface area (Å²) in [7, 11) is 1.64. The molecule has 3 rings (SSSR count). The summed E-state index contributed by atoms with van der Waals surface area (Å²) in [5, 5.41) is 3.85. The third-order valence-electron chi connectivity index (χ3n) is 4.22. The minimum absolute atomic E-state index is 0.0210. The Kier molecular flexibility index (Phi) is 7.14. The van der Waals surface area contributed by atoms with Crippen molar-refractivity contribution in [1.82, 2.24) is 10.3 Å². The van der Waals surface area contributed by atoms with Crippen molar-refractivity contribution in [3.8, 4) is 11.5 Å². The highest BCUT2D eigenvalue weighted by Gasteiger charge is 2.13. The minimum atomic E-state index is -0.170. The predicted octanol–water partition coefficient (Wildman–Crippen LogP) is 4.31. The van der Waals surface area contributed by atoms with Gasteiger partial charge in [-0.3, -0.25) is 9.78 Å². The van der Waals surface area contributed by atoms with Crippen LogP contribution in [-0.4, -0.2) is 36.4 Å². The molecule has 0 bridgehead atoms. The van der Waals surface area contributed by atoms with Crippen molar-refractivity contribution in [2.45, 2.75) is 23.5 Å². The molecule has 3 aromatic rings. The Bertz CT molecular complexity index is 910. The van der Waals surface area contributed by atoms with E-state index >= 15 is 0 Å². The second-order valence-electron chi connectivity index (χ2n) is 6.26. The van der Waals surface area contributed by atoms with Gasteiger partial charge in [0.2, 0.25) is 5.91 Å². The molecular formula is C22H24N2O3S. The van der Waals surface area contributed by atoms with Crippen molar-refractivity contribution in [2.24, 2.45) is 0 Å². The van der Waals surface area contributed by atoms with E-state index in [9.17, 15) is 4.79 Å². The molecule has 1 atom stereocenters. The molecule has 1 unspecified atom stereocenters. The Balaban J connectivity index is 1.40. The van der Waals surface area contributed by atoms with Gasteiger partial charge in [0.15, 0.2) is 0 Å². The van der Waals surface area contributed by atoms with Gasteiger partial charge in [0.05, 0.1) is 19.0 Å². The Hall–Kier alpha value is -2.73. The zero-order valence-electron chi connectivity index (χ0n) is 16.1. The number of para-hydroxylation sites is 1. The smallest absolute Gasteiger partial charge is 0.233 e. The number of rotatable bonds is 9. The maximum atomic E-state index is 12.3. The predicted molar refractivity (Wildman–Crippen MR) is 113 cm³/mol. The number of fused-ring (bicyclic) bond motifs is 1. The molecular weight excluding hydrogens is 372 g/mol. The number of nitrogens with zero attached hydrogens (tertiary/aromatic N) is 1. The zero-order chi connectivity index (χ0) is 19.8. The summed E-state index contributed by atoms with van der Waals surface area (Å²) in [5.74, 6) is 1.60. The lowest BCUT2D eigenvalue weighted by atomic mass is 10.2. The van der Waals surface area contributed by atoms with E-state index in [1.807, 2.05) is 61.5 Å². The first kappa shape index (κ1) is 20.0. The number of thioether (sulfide) groups is 1. The fraction of sp³-hybridized carbons (Fsp3) is 0.273. The lowest BCUT2D eigenvalue weighted by Crippen LogP contribution is -2.32. The normalized spacial score (nSPS) is 11.8. The van der Waals surface area contributed by atoms with E-state index < -0.39 is 0 Å². The lowest BCUT2D eigenvalue weighted by Gasteiger charge is -2.13. The van der Waals surface area contributed by atoms with E-state index in [0.717, 1.165) is 33.7 Å². The molecule has 0 radical (unpaired) electrons. The van der Waals surface area contributed by atoms with Gasteiger partial charge in [-0.2, -0.15) is 0 Å². The largest absolute Gasteiger partial charge is 0.497 e. The molecule has 1 amide bonds. The molecule has 0 spiro atoms. The van der Waals surface area contributed by atoms with Crippen molar-refractivity contribution in [2.75, 3.05) is 20.3 Å². The summed E-state index contributed by atoms with van der Waals surface area (Å²) in [6, 6.07) is 17.5. The topological polar surface area (TPSA) is 60.5 Å².